The van der Waals surface area contributed by atoms with E-state index >= 15 is 0 Å². The van der Waals surface area contributed by atoms with Gasteiger partial charge in [0, 0.05) is 6.20 Å². The maximum absolute atomic E-state index is 11.7. The van der Waals surface area contributed by atoms with Gasteiger partial charge in [-0.05, 0) is 36.3 Å². The lowest BCUT2D eigenvalue weighted by Crippen LogP contribution is -2.24. The van der Waals surface area contributed by atoms with Gasteiger partial charge in [0.2, 0.25) is 0 Å². The molecule has 4 nitrogen and oxygen atoms in total. The molecule has 2 rings (SSSR count). The highest BCUT2D eigenvalue weighted by molar-refractivity contribution is 5.93. The van der Waals surface area contributed by atoms with Crippen LogP contribution in [0.25, 0.3) is 6.08 Å². The van der Waals surface area contributed by atoms with Gasteiger partial charge in [-0.25, -0.2) is 4.79 Å². The fourth-order valence-electron chi connectivity index (χ4n) is 1.71. The molecule has 0 aliphatic carbocycles. The third-order valence-electron chi connectivity index (χ3n) is 2.75. The molecule has 0 radical (unpaired) electrons. The number of nitrogens with one attached hydrogen (secondary N) is 2. The van der Waals surface area contributed by atoms with Gasteiger partial charge in [-0.1, -0.05) is 36.4 Å². The monoisotopic (exact) mass is 267 g/mol. The predicted octanol–water partition coefficient (Wildman–Crippen LogP) is 3.37. The SMILES string of the molecule is Cc1ccc(N)c(NC(=O)N/C=C/c2ccccc2)c1. The molecular weight excluding hydrogens is 250 g/mol. The van der Waals surface area contributed by atoms with Gasteiger partial charge in [-0.15, -0.1) is 0 Å². The van der Waals surface area contributed by atoms with Crippen molar-refractivity contribution < 1.29 is 4.79 Å². The number of rotatable bonds is 3. The number of urea groups is 1. The molecule has 0 saturated carbocycles. The highest BCUT2D eigenvalue weighted by Gasteiger charge is 2.03. The summed E-state index contributed by atoms with van der Waals surface area (Å²) in [5, 5.41) is 5.35. The van der Waals surface area contributed by atoms with Gasteiger partial charge in [-0.3, -0.25) is 0 Å². The minimum Gasteiger partial charge on any atom is -0.397 e. The third kappa shape index (κ3) is 3.88. The van der Waals surface area contributed by atoms with E-state index in [-0.39, 0.29) is 6.03 Å². The predicted molar refractivity (Wildman–Crippen MR) is 83.2 cm³/mol. The number of hydrogen-bond acceptors (Lipinski definition) is 2. The van der Waals surface area contributed by atoms with Crippen LogP contribution in [0.2, 0.25) is 0 Å². The van der Waals surface area contributed by atoms with E-state index in [0.29, 0.717) is 11.4 Å². The fourth-order valence-corrected chi connectivity index (χ4v) is 1.71. The van der Waals surface area contributed by atoms with E-state index in [0.717, 1.165) is 11.1 Å². The molecule has 2 aromatic rings. The highest BCUT2D eigenvalue weighted by Crippen LogP contribution is 2.19. The van der Waals surface area contributed by atoms with E-state index < -0.39 is 0 Å². The average Bonchev–Trinajstić information content (AvgIpc) is 2.44. The van der Waals surface area contributed by atoms with Crippen LogP contribution in [-0.4, -0.2) is 6.03 Å². The summed E-state index contributed by atoms with van der Waals surface area (Å²) < 4.78 is 0. The van der Waals surface area contributed by atoms with Crippen LogP contribution in [0.15, 0.2) is 54.7 Å². The zero-order valence-corrected chi connectivity index (χ0v) is 11.3. The van der Waals surface area contributed by atoms with Crippen LogP contribution in [-0.2, 0) is 0 Å². The lowest BCUT2D eigenvalue weighted by atomic mass is 10.2. The van der Waals surface area contributed by atoms with Crippen LogP contribution in [0, 0.1) is 6.92 Å². The van der Waals surface area contributed by atoms with Crippen molar-refractivity contribution in [1.29, 1.82) is 0 Å². The van der Waals surface area contributed by atoms with Gasteiger partial charge in [0.05, 0.1) is 11.4 Å². The minimum absolute atomic E-state index is 0.325. The van der Waals surface area contributed by atoms with Crippen molar-refractivity contribution in [2.45, 2.75) is 6.92 Å². The Bertz CT molecular complexity index is 621. The third-order valence-corrected chi connectivity index (χ3v) is 2.75. The van der Waals surface area contributed by atoms with Crippen molar-refractivity contribution in [2.75, 3.05) is 11.1 Å². The Morgan fingerprint density at radius 1 is 1.15 bits per heavy atom. The van der Waals surface area contributed by atoms with Crippen molar-refractivity contribution in [3.05, 3.63) is 65.9 Å². The van der Waals surface area contributed by atoms with Crippen LogP contribution >= 0.6 is 0 Å². The summed E-state index contributed by atoms with van der Waals surface area (Å²) in [7, 11) is 0. The van der Waals surface area contributed by atoms with Gasteiger partial charge in [0.15, 0.2) is 0 Å². The fraction of sp³-hybridized carbons (Fsp3) is 0.0625. The zero-order chi connectivity index (χ0) is 14.4. The Labute approximate surface area is 118 Å². The second-order valence-electron chi connectivity index (χ2n) is 4.43. The molecule has 0 spiro atoms. The van der Waals surface area contributed by atoms with Gasteiger partial charge >= 0.3 is 6.03 Å². The topological polar surface area (TPSA) is 67.1 Å². The molecule has 2 aromatic carbocycles. The Kier molecular flexibility index (Phi) is 4.39. The molecule has 0 fully saturated rings. The van der Waals surface area contributed by atoms with Gasteiger partial charge < -0.3 is 16.4 Å². The second-order valence-corrected chi connectivity index (χ2v) is 4.43. The summed E-state index contributed by atoms with van der Waals surface area (Å²) >= 11 is 0. The molecule has 0 unspecified atom stereocenters. The summed E-state index contributed by atoms with van der Waals surface area (Å²) in [4.78, 5) is 11.7. The van der Waals surface area contributed by atoms with E-state index in [1.807, 2.05) is 55.5 Å². The molecule has 102 valence electrons. The standard InChI is InChI=1S/C16H17N3O/c1-12-7-8-14(17)15(11-12)19-16(20)18-10-9-13-5-3-2-4-6-13/h2-11H,17H2,1H3,(H2,18,19,20)/b10-9+. The molecule has 4 N–H and O–H groups in total. The number of hydrogen-bond donors (Lipinski definition) is 3. The van der Waals surface area contributed by atoms with Crippen molar-refractivity contribution in [1.82, 2.24) is 5.32 Å². The minimum atomic E-state index is -0.325. The van der Waals surface area contributed by atoms with Gasteiger partial charge in [-0.2, -0.15) is 0 Å². The van der Waals surface area contributed by atoms with Crippen LogP contribution in [0.3, 0.4) is 0 Å². The Morgan fingerprint density at radius 3 is 2.65 bits per heavy atom. The molecule has 2 amide bonds. The molecular formula is C16H17N3O. The zero-order valence-electron chi connectivity index (χ0n) is 11.3. The molecule has 0 aliphatic heterocycles. The molecule has 20 heavy (non-hydrogen) atoms. The normalized spacial score (nSPS) is 10.4. The Morgan fingerprint density at radius 2 is 1.90 bits per heavy atom. The first kappa shape index (κ1) is 13.7. The smallest absolute Gasteiger partial charge is 0.323 e. The average molecular weight is 267 g/mol. The lowest BCUT2D eigenvalue weighted by molar-refractivity contribution is 0.255. The van der Waals surface area contributed by atoms with Gasteiger partial charge in [0.25, 0.3) is 0 Å². The van der Waals surface area contributed by atoms with Crippen LogP contribution < -0.4 is 16.4 Å². The number of carbonyl (C=O) groups excluding carboxylic acids is 1. The molecule has 0 atom stereocenters. The number of anilines is 2. The number of nitrogens with two attached hydrogens (primary N) is 1. The van der Waals surface area contributed by atoms with Crippen LogP contribution in [0.1, 0.15) is 11.1 Å². The van der Waals surface area contributed by atoms with E-state index in [2.05, 4.69) is 10.6 Å². The van der Waals surface area contributed by atoms with E-state index in [1.54, 1.807) is 12.3 Å². The van der Waals surface area contributed by atoms with Gasteiger partial charge in [0.1, 0.15) is 0 Å². The van der Waals surface area contributed by atoms with E-state index in [1.165, 1.54) is 0 Å². The molecule has 0 heterocycles. The number of amides is 2. The maximum Gasteiger partial charge on any atom is 0.323 e. The maximum atomic E-state index is 11.7. The summed E-state index contributed by atoms with van der Waals surface area (Å²) in [5.74, 6) is 0. The van der Waals surface area contributed by atoms with Crippen molar-refractivity contribution in [3.63, 3.8) is 0 Å². The molecule has 0 saturated heterocycles. The largest absolute Gasteiger partial charge is 0.397 e. The summed E-state index contributed by atoms with van der Waals surface area (Å²) in [6, 6.07) is 14.9. The van der Waals surface area contributed by atoms with Crippen molar-refractivity contribution in [3.8, 4) is 0 Å². The Balaban J connectivity index is 1.93. The number of nitrogen functional groups attached to an aromatic ring is 1. The highest BCUT2D eigenvalue weighted by atomic mass is 16.2. The molecule has 0 aromatic heterocycles. The first-order valence-electron chi connectivity index (χ1n) is 6.30. The second kappa shape index (κ2) is 6.43. The number of carbonyl (C=O) groups is 1. The quantitative estimate of drug-likeness (QED) is 0.746. The van der Waals surface area contributed by atoms with Crippen molar-refractivity contribution in [2.24, 2.45) is 0 Å². The summed E-state index contributed by atoms with van der Waals surface area (Å²) in [5.41, 5.74) is 9.00. The van der Waals surface area contributed by atoms with Crippen LogP contribution in [0.4, 0.5) is 16.2 Å². The summed E-state index contributed by atoms with van der Waals surface area (Å²) in [6.45, 7) is 1.94. The van der Waals surface area contributed by atoms with Crippen molar-refractivity contribution >= 4 is 23.5 Å². The molecule has 0 bridgehead atoms. The number of benzene rings is 2. The van der Waals surface area contributed by atoms with Crippen LogP contribution in [0.5, 0.6) is 0 Å². The van der Waals surface area contributed by atoms with E-state index in [9.17, 15) is 4.79 Å². The number of aryl methyl sites for hydroxylation is 1. The first-order chi connectivity index (χ1) is 9.65. The first-order valence-corrected chi connectivity index (χ1v) is 6.30. The summed E-state index contributed by atoms with van der Waals surface area (Å²) in [6.07, 6.45) is 3.41. The Hall–Kier alpha value is -2.75. The molecule has 0 aliphatic rings. The lowest BCUT2D eigenvalue weighted by Gasteiger charge is -2.08. The van der Waals surface area contributed by atoms with E-state index in [4.69, 9.17) is 5.73 Å². The molecule has 4 heteroatoms.